The van der Waals surface area contributed by atoms with Gasteiger partial charge in [-0.2, -0.15) is 0 Å². The maximum Gasteiger partial charge on any atom is 0.120 e. The van der Waals surface area contributed by atoms with Crippen molar-refractivity contribution in [3.63, 3.8) is 0 Å². The van der Waals surface area contributed by atoms with Crippen LogP contribution in [0.15, 0.2) is 0 Å². The molecule has 1 fully saturated rings. The van der Waals surface area contributed by atoms with Gasteiger partial charge in [-0.3, -0.25) is 0 Å². The lowest BCUT2D eigenvalue weighted by atomic mass is 10.1. The van der Waals surface area contributed by atoms with Crippen LogP contribution in [-0.4, -0.2) is 30.6 Å². The molecule has 1 heterocycles. The van der Waals surface area contributed by atoms with Crippen LogP contribution in [0.1, 0.15) is 12.8 Å². The first-order valence-corrected chi connectivity index (χ1v) is 4.75. The van der Waals surface area contributed by atoms with Crippen molar-refractivity contribution in [2.24, 2.45) is 0 Å². The molecule has 1 aliphatic rings. The lowest BCUT2D eigenvalue weighted by Crippen LogP contribution is -2.37. The van der Waals surface area contributed by atoms with E-state index in [2.05, 4.69) is 5.32 Å². The van der Waals surface area contributed by atoms with Crippen molar-refractivity contribution in [3.05, 3.63) is 0 Å². The SMILES string of the molecule is ClC(Cl)CNC1CCOCC1. The van der Waals surface area contributed by atoms with Crippen LogP contribution in [0.5, 0.6) is 0 Å². The summed E-state index contributed by atoms with van der Waals surface area (Å²) >= 11 is 11.1. The van der Waals surface area contributed by atoms with Gasteiger partial charge in [0.2, 0.25) is 0 Å². The summed E-state index contributed by atoms with van der Waals surface area (Å²) in [6, 6.07) is 0.545. The zero-order valence-electron chi connectivity index (χ0n) is 6.35. The average molecular weight is 198 g/mol. The number of alkyl halides is 2. The molecule has 0 aromatic rings. The average Bonchev–Trinajstić information content (AvgIpc) is 2.03. The molecule has 2 nitrogen and oxygen atoms in total. The molecule has 4 heteroatoms. The van der Waals surface area contributed by atoms with Gasteiger partial charge in [-0.15, -0.1) is 23.2 Å². The van der Waals surface area contributed by atoms with Crippen molar-refractivity contribution in [2.75, 3.05) is 19.8 Å². The fourth-order valence-electron chi connectivity index (χ4n) is 1.16. The maximum absolute atomic E-state index is 5.57. The third kappa shape index (κ3) is 4.16. The van der Waals surface area contributed by atoms with Gasteiger partial charge in [-0.25, -0.2) is 0 Å². The van der Waals surface area contributed by atoms with E-state index in [0.29, 0.717) is 12.6 Å². The summed E-state index contributed by atoms with van der Waals surface area (Å²) in [7, 11) is 0. The first kappa shape index (κ1) is 9.59. The van der Waals surface area contributed by atoms with Crippen LogP contribution in [0.3, 0.4) is 0 Å². The lowest BCUT2D eigenvalue weighted by Gasteiger charge is -2.23. The highest BCUT2D eigenvalue weighted by Crippen LogP contribution is 2.07. The molecular weight excluding hydrogens is 185 g/mol. The topological polar surface area (TPSA) is 21.3 Å². The molecule has 0 aromatic carbocycles. The van der Waals surface area contributed by atoms with Crippen molar-refractivity contribution in [3.8, 4) is 0 Å². The van der Waals surface area contributed by atoms with Gasteiger partial charge in [-0.05, 0) is 12.8 Å². The minimum atomic E-state index is -0.294. The molecule has 0 atom stereocenters. The Morgan fingerprint density at radius 1 is 1.36 bits per heavy atom. The van der Waals surface area contributed by atoms with E-state index in [9.17, 15) is 0 Å². The quantitative estimate of drug-likeness (QED) is 0.695. The van der Waals surface area contributed by atoms with E-state index in [1.807, 2.05) is 0 Å². The van der Waals surface area contributed by atoms with Crippen LogP contribution >= 0.6 is 23.2 Å². The fraction of sp³-hybridized carbons (Fsp3) is 1.00. The molecular formula is C7H13Cl2NO. The highest BCUT2D eigenvalue weighted by Gasteiger charge is 2.13. The fourth-order valence-corrected chi connectivity index (χ4v) is 1.34. The molecule has 0 saturated carbocycles. The summed E-state index contributed by atoms with van der Waals surface area (Å²) in [5.74, 6) is 0. The van der Waals surface area contributed by atoms with Crippen LogP contribution in [0.2, 0.25) is 0 Å². The van der Waals surface area contributed by atoms with Crippen molar-refractivity contribution in [1.29, 1.82) is 0 Å². The Kier molecular flexibility index (Phi) is 4.53. The van der Waals surface area contributed by atoms with Gasteiger partial charge in [0.05, 0.1) is 0 Å². The summed E-state index contributed by atoms with van der Waals surface area (Å²) in [4.78, 5) is -0.294. The van der Waals surface area contributed by atoms with Crippen molar-refractivity contribution in [1.82, 2.24) is 5.32 Å². The molecule has 0 aliphatic carbocycles. The van der Waals surface area contributed by atoms with E-state index in [1.54, 1.807) is 0 Å². The number of nitrogens with one attached hydrogen (secondary N) is 1. The molecule has 66 valence electrons. The Labute approximate surface area is 77.2 Å². The molecule has 0 radical (unpaired) electrons. The van der Waals surface area contributed by atoms with Gasteiger partial charge in [0.25, 0.3) is 0 Å². The minimum absolute atomic E-state index is 0.294. The van der Waals surface area contributed by atoms with E-state index in [1.165, 1.54) is 0 Å². The van der Waals surface area contributed by atoms with E-state index in [4.69, 9.17) is 27.9 Å². The molecule has 0 aromatic heterocycles. The summed E-state index contributed by atoms with van der Waals surface area (Å²) in [6.45, 7) is 2.38. The molecule has 0 bridgehead atoms. The van der Waals surface area contributed by atoms with E-state index in [0.717, 1.165) is 26.1 Å². The predicted molar refractivity (Wildman–Crippen MR) is 47.3 cm³/mol. The Bertz CT molecular complexity index is 105. The van der Waals surface area contributed by atoms with Gasteiger partial charge in [0.1, 0.15) is 4.84 Å². The number of hydrogen-bond acceptors (Lipinski definition) is 2. The summed E-state index contributed by atoms with van der Waals surface area (Å²) in [5, 5.41) is 3.28. The molecule has 1 N–H and O–H groups in total. The molecule has 11 heavy (non-hydrogen) atoms. The van der Waals surface area contributed by atoms with Gasteiger partial charge in [0.15, 0.2) is 0 Å². The van der Waals surface area contributed by atoms with Gasteiger partial charge in [0, 0.05) is 25.8 Å². The van der Waals surface area contributed by atoms with Crippen molar-refractivity contribution < 1.29 is 4.74 Å². The number of hydrogen-bond donors (Lipinski definition) is 1. The van der Waals surface area contributed by atoms with Gasteiger partial charge < -0.3 is 10.1 Å². The highest BCUT2D eigenvalue weighted by molar-refractivity contribution is 6.44. The summed E-state index contributed by atoms with van der Waals surface area (Å²) in [5.41, 5.74) is 0. The molecule has 1 aliphatic heterocycles. The first-order valence-electron chi connectivity index (χ1n) is 3.88. The molecule has 0 amide bonds. The van der Waals surface area contributed by atoms with E-state index in [-0.39, 0.29) is 4.84 Å². The Morgan fingerprint density at radius 3 is 2.55 bits per heavy atom. The maximum atomic E-state index is 5.57. The Balaban J connectivity index is 2.05. The van der Waals surface area contributed by atoms with Crippen LogP contribution in [0.4, 0.5) is 0 Å². The summed E-state index contributed by atoms with van der Waals surface area (Å²) < 4.78 is 5.20. The standard InChI is InChI=1S/C7H13Cl2NO/c8-7(9)5-10-6-1-3-11-4-2-6/h6-7,10H,1-5H2. The van der Waals surface area contributed by atoms with Crippen molar-refractivity contribution >= 4 is 23.2 Å². The largest absolute Gasteiger partial charge is 0.381 e. The first-order chi connectivity index (χ1) is 5.29. The third-order valence-corrected chi connectivity index (χ3v) is 2.09. The second kappa shape index (κ2) is 5.20. The lowest BCUT2D eigenvalue weighted by molar-refractivity contribution is 0.0784. The van der Waals surface area contributed by atoms with Crippen LogP contribution in [0, 0.1) is 0 Å². The molecule has 0 spiro atoms. The monoisotopic (exact) mass is 197 g/mol. The minimum Gasteiger partial charge on any atom is -0.381 e. The summed E-state index contributed by atoms with van der Waals surface area (Å²) in [6.07, 6.45) is 2.14. The number of rotatable bonds is 3. The second-order valence-corrected chi connectivity index (χ2v) is 3.96. The van der Waals surface area contributed by atoms with Crippen LogP contribution in [-0.2, 0) is 4.74 Å². The normalized spacial score (nSPS) is 21.0. The Hall–Kier alpha value is 0.500. The van der Waals surface area contributed by atoms with E-state index >= 15 is 0 Å². The number of ether oxygens (including phenoxy) is 1. The van der Waals surface area contributed by atoms with Crippen LogP contribution in [0.25, 0.3) is 0 Å². The number of halogens is 2. The molecule has 1 saturated heterocycles. The predicted octanol–water partition coefficient (Wildman–Crippen LogP) is 1.56. The van der Waals surface area contributed by atoms with Crippen molar-refractivity contribution in [2.45, 2.75) is 23.7 Å². The zero-order chi connectivity index (χ0) is 8.10. The zero-order valence-corrected chi connectivity index (χ0v) is 7.87. The highest BCUT2D eigenvalue weighted by atomic mass is 35.5. The van der Waals surface area contributed by atoms with Gasteiger partial charge in [-0.1, -0.05) is 0 Å². The molecule has 1 rings (SSSR count). The van der Waals surface area contributed by atoms with Crippen LogP contribution < -0.4 is 5.32 Å². The second-order valence-electron chi connectivity index (χ2n) is 2.69. The Morgan fingerprint density at radius 2 is 2.00 bits per heavy atom. The molecule has 0 unspecified atom stereocenters. The third-order valence-electron chi connectivity index (χ3n) is 1.78. The smallest absolute Gasteiger partial charge is 0.120 e. The van der Waals surface area contributed by atoms with Gasteiger partial charge >= 0.3 is 0 Å². The van der Waals surface area contributed by atoms with E-state index < -0.39 is 0 Å².